The summed E-state index contributed by atoms with van der Waals surface area (Å²) < 4.78 is 5.07. The second-order valence-corrected chi connectivity index (χ2v) is 4.72. The number of hydrogen-bond donors (Lipinski definition) is 1. The van der Waals surface area contributed by atoms with Gasteiger partial charge < -0.3 is 15.0 Å². The van der Waals surface area contributed by atoms with Crippen molar-refractivity contribution in [2.75, 3.05) is 32.6 Å². The summed E-state index contributed by atoms with van der Waals surface area (Å²) in [5.74, 6) is 0.0200. The Morgan fingerprint density at radius 3 is 2.53 bits per heavy atom. The van der Waals surface area contributed by atoms with Gasteiger partial charge in [-0.3, -0.25) is 4.79 Å². The number of anilines is 1. The number of nitrogens with one attached hydrogen (secondary N) is 1. The van der Waals surface area contributed by atoms with Crippen LogP contribution in [-0.2, 0) is 4.74 Å². The molecule has 0 bridgehead atoms. The maximum Gasteiger partial charge on any atom is 0.253 e. The van der Waals surface area contributed by atoms with Gasteiger partial charge >= 0.3 is 0 Å². The molecule has 19 heavy (non-hydrogen) atoms. The smallest absolute Gasteiger partial charge is 0.253 e. The van der Waals surface area contributed by atoms with E-state index >= 15 is 0 Å². The molecular formula is C15H24N2O2. The number of carbonyl (C=O) groups excluding carboxylic acids is 1. The van der Waals surface area contributed by atoms with Gasteiger partial charge in [-0.2, -0.15) is 0 Å². The minimum absolute atomic E-state index is 0.0200. The van der Waals surface area contributed by atoms with Crippen LogP contribution in [0.3, 0.4) is 0 Å². The van der Waals surface area contributed by atoms with Crippen molar-refractivity contribution in [1.82, 2.24) is 4.90 Å². The number of methoxy groups -OCH3 is 1. The molecule has 0 heterocycles. The molecule has 0 radical (unpaired) electrons. The lowest BCUT2D eigenvalue weighted by Crippen LogP contribution is -2.37. The molecule has 0 fully saturated rings. The highest BCUT2D eigenvalue weighted by Gasteiger charge is 2.16. The number of ether oxygens (including phenoxy) is 1. The van der Waals surface area contributed by atoms with Gasteiger partial charge in [0, 0.05) is 32.0 Å². The summed E-state index contributed by atoms with van der Waals surface area (Å²) in [6, 6.07) is 7.66. The normalized spacial score (nSPS) is 12.0. The fourth-order valence-corrected chi connectivity index (χ4v) is 1.76. The monoisotopic (exact) mass is 264 g/mol. The Morgan fingerprint density at radius 2 is 2.00 bits per heavy atom. The molecule has 106 valence electrons. The Kier molecular flexibility index (Phi) is 6.36. The quantitative estimate of drug-likeness (QED) is 0.823. The molecule has 1 N–H and O–H groups in total. The predicted molar refractivity (Wildman–Crippen MR) is 78.7 cm³/mol. The summed E-state index contributed by atoms with van der Waals surface area (Å²) in [4.78, 5) is 13.9. The summed E-state index contributed by atoms with van der Waals surface area (Å²) >= 11 is 0. The van der Waals surface area contributed by atoms with Crippen LogP contribution in [0.15, 0.2) is 24.3 Å². The molecule has 0 aliphatic carbocycles. The molecule has 1 aromatic carbocycles. The molecule has 0 aromatic heterocycles. The van der Waals surface area contributed by atoms with Crippen LogP contribution in [0.1, 0.15) is 30.6 Å². The molecule has 1 atom stereocenters. The van der Waals surface area contributed by atoms with Crippen LogP contribution in [0.2, 0.25) is 0 Å². The third-order valence-electron chi connectivity index (χ3n) is 3.10. The van der Waals surface area contributed by atoms with Crippen LogP contribution >= 0.6 is 0 Å². The number of hydrogen-bond acceptors (Lipinski definition) is 3. The molecule has 1 rings (SSSR count). The first-order valence-electron chi connectivity index (χ1n) is 6.70. The third-order valence-corrected chi connectivity index (χ3v) is 3.10. The van der Waals surface area contributed by atoms with Crippen molar-refractivity contribution in [3.8, 4) is 0 Å². The van der Waals surface area contributed by atoms with Crippen molar-refractivity contribution in [1.29, 1.82) is 0 Å². The minimum Gasteiger partial charge on any atom is -0.385 e. The highest BCUT2D eigenvalue weighted by atomic mass is 16.5. The van der Waals surface area contributed by atoms with Crippen molar-refractivity contribution in [2.45, 2.75) is 26.3 Å². The molecule has 1 amide bonds. The lowest BCUT2D eigenvalue weighted by atomic mass is 10.1. The van der Waals surface area contributed by atoms with E-state index in [4.69, 9.17) is 4.74 Å². The van der Waals surface area contributed by atoms with Gasteiger partial charge in [-0.15, -0.1) is 0 Å². The average Bonchev–Trinajstić information content (AvgIpc) is 2.44. The number of carbonyl (C=O) groups is 1. The Morgan fingerprint density at radius 1 is 1.37 bits per heavy atom. The van der Waals surface area contributed by atoms with Crippen LogP contribution in [0.25, 0.3) is 0 Å². The molecule has 0 aliphatic rings. The van der Waals surface area contributed by atoms with Crippen molar-refractivity contribution >= 4 is 11.6 Å². The van der Waals surface area contributed by atoms with Gasteiger partial charge in [-0.05, 0) is 37.6 Å². The average molecular weight is 264 g/mol. The van der Waals surface area contributed by atoms with E-state index in [1.54, 1.807) is 19.1 Å². The Balaban J connectivity index is 2.66. The Bertz CT molecular complexity index is 390. The Hall–Kier alpha value is -1.55. The van der Waals surface area contributed by atoms with Gasteiger partial charge in [0.25, 0.3) is 5.91 Å². The van der Waals surface area contributed by atoms with Gasteiger partial charge in [-0.1, -0.05) is 6.92 Å². The molecule has 1 aromatic rings. The first-order valence-corrected chi connectivity index (χ1v) is 6.70. The number of nitrogens with zero attached hydrogens (tertiary/aromatic N) is 1. The van der Waals surface area contributed by atoms with E-state index < -0.39 is 0 Å². The summed E-state index contributed by atoms with van der Waals surface area (Å²) in [5, 5.41) is 3.29. The third kappa shape index (κ3) is 4.56. The second-order valence-electron chi connectivity index (χ2n) is 4.72. The summed E-state index contributed by atoms with van der Waals surface area (Å²) in [5.41, 5.74) is 1.75. The van der Waals surface area contributed by atoms with E-state index in [-0.39, 0.29) is 11.9 Å². The van der Waals surface area contributed by atoms with E-state index in [0.717, 1.165) is 18.7 Å². The number of benzene rings is 1. The molecule has 0 aliphatic heterocycles. The van der Waals surface area contributed by atoms with Gasteiger partial charge in [0.2, 0.25) is 0 Å². The first-order chi connectivity index (χ1) is 9.10. The maximum absolute atomic E-state index is 12.2. The SMILES string of the molecule is CCCNc1ccc(C(=O)N(C)C(C)COC)cc1. The standard InChI is InChI=1S/C15H24N2O2/c1-5-10-16-14-8-6-13(7-9-14)15(18)17(3)12(2)11-19-4/h6-9,12,16H,5,10-11H2,1-4H3. The van der Waals surface area contributed by atoms with Crippen molar-refractivity contribution < 1.29 is 9.53 Å². The maximum atomic E-state index is 12.2. The number of amides is 1. The Labute approximate surface area is 115 Å². The topological polar surface area (TPSA) is 41.6 Å². The molecule has 0 saturated heterocycles. The van der Waals surface area contributed by atoms with Crippen LogP contribution in [0.4, 0.5) is 5.69 Å². The zero-order valence-electron chi connectivity index (χ0n) is 12.3. The van der Waals surface area contributed by atoms with Crippen LogP contribution in [-0.4, -0.2) is 44.2 Å². The second kappa shape index (κ2) is 7.79. The lowest BCUT2D eigenvalue weighted by molar-refractivity contribution is 0.0633. The number of likely N-dealkylation sites (N-methyl/N-ethyl adjacent to an activating group) is 1. The minimum atomic E-state index is 0.0200. The van der Waals surface area contributed by atoms with Crippen molar-refractivity contribution in [2.24, 2.45) is 0 Å². The zero-order chi connectivity index (χ0) is 14.3. The molecule has 4 heteroatoms. The van der Waals surface area contributed by atoms with Gasteiger partial charge in [0.1, 0.15) is 0 Å². The summed E-state index contributed by atoms with van der Waals surface area (Å²) in [7, 11) is 3.44. The highest BCUT2D eigenvalue weighted by Crippen LogP contribution is 2.12. The molecule has 0 saturated carbocycles. The summed E-state index contributed by atoms with van der Waals surface area (Å²) in [6.45, 7) is 5.58. The van der Waals surface area contributed by atoms with Crippen molar-refractivity contribution in [3.05, 3.63) is 29.8 Å². The predicted octanol–water partition coefficient (Wildman–Crippen LogP) is 2.62. The fourth-order valence-electron chi connectivity index (χ4n) is 1.76. The van der Waals surface area contributed by atoms with Gasteiger partial charge in [-0.25, -0.2) is 0 Å². The van der Waals surface area contributed by atoms with Crippen molar-refractivity contribution in [3.63, 3.8) is 0 Å². The first kappa shape index (κ1) is 15.5. The lowest BCUT2D eigenvalue weighted by Gasteiger charge is -2.24. The van der Waals surface area contributed by atoms with Gasteiger partial charge in [0.05, 0.1) is 12.6 Å². The number of rotatable bonds is 7. The van der Waals surface area contributed by atoms with Crippen LogP contribution in [0.5, 0.6) is 0 Å². The van der Waals surface area contributed by atoms with Crippen LogP contribution in [0, 0.1) is 0 Å². The van der Waals surface area contributed by atoms with E-state index in [1.165, 1.54) is 0 Å². The molecule has 0 spiro atoms. The largest absolute Gasteiger partial charge is 0.385 e. The molecule has 1 unspecified atom stereocenters. The van der Waals surface area contributed by atoms with E-state index in [2.05, 4.69) is 12.2 Å². The zero-order valence-corrected chi connectivity index (χ0v) is 12.3. The summed E-state index contributed by atoms with van der Waals surface area (Å²) in [6.07, 6.45) is 1.08. The van der Waals surface area contributed by atoms with Gasteiger partial charge in [0.15, 0.2) is 0 Å². The molecular weight excluding hydrogens is 240 g/mol. The fraction of sp³-hybridized carbons (Fsp3) is 0.533. The van der Waals surface area contributed by atoms with E-state index in [9.17, 15) is 4.79 Å². The highest BCUT2D eigenvalue weighted by molar-refractivity contribution is 5.94. The van der Waals surface area contributed by atoms with Crippen LogP contribution < -0.4 is 5.32 Å². The molecule has 4 nitrogen and oxygen atoms in total. The van der Waals surface area contributed by atoms with E-state index in [1.807, 2.05) is 31.2 Å². The van der Waals surface area contributed by atoms with E-state index in [0.29, 0.717) is 12.2 Å².